The maximum atomic E-state index is 12.3. The molecule has 0 aliphatic heterocycles. The van der Waals surface area contributed by atoms with Crippen molar-refractivity contribution in [3.63, 3.8) is 0 Å². The van der Waals surface area contributed by atoms with E-state index in [1.54, 1.807) is 6.92 Å². The molecule has 0 aliphatic carbocycles. The quantitative estimate of drug-likeness (QED) is 0.567. The van der Waals surface area contributed by atoms with E-state index in [4.69, 9.17) is 4.74 Å². The summed E-state index contributed by atoms with van der Waals surface area (Å²) in [5, 5.41) is 0.497. The first-order valence-corrected chi connectivity index (χ1v) is 6.52. The van der Waals surface area contributed by atoms with E-state index in [-0.39, 0.29) is 35.9 Å². The van der Waals surface area contributed by atoms with Gasteiger partial charge in [-0.3, -0.25) is 4.79 Å². The Hall–Kier alpha value is -1.17. The van der Waals surface area contributed by atoms with Crippen LogP contribution in [0, 0.1) is 0 Å². The third-order valence-corrected chi connectivity index (χ3v) is 2.50. The summed E-state index contributed by atoms with van der Waals surface area (Å²) in [6.45, 7) is -0.985. The number of rotatable bonds is 7. The Morgan fingerprint density at radius 3 is 2.72 bits per heavy atom. The summed E-state index contributed by atoms with van der Waals surface area (Å²) in [5.74, 6) is -0.228. The van der Waals surface area contributed by atoms with E-state index < -0.39 is 6.61 Å². The van der Waals surface area contributed by atoms with Gasteiger partial charge in [0.25, 0.3) is 0 Å². The molecular formula is C12H13BrF2O3. The van der Waals surface area contributed by atoms with Crippen LogP contribution in [0.25, 0.3) is 0 Å². The van der Waals surface area contributed by atoms with E-state index in [0.717, 1.165) is 0 Å². The minimum absolute atomic E-state index is 0.0752. The van der Waals surface area contributed by atoms with Crippen LogP contribution in [-0.2, 0) is 0 Å². The molecule has 0 aliphatic rings. The second kappa shape index (κ2) is 7.31. The molecule has 0 saturated carbocycles. The maximum absolute atomic E-state index is 12.3. The number of carbonyl (C=O) groups is 1. The molecule has 1 rings (SSSR count). The Balaban J connectivity index is 3.12. The summed E-state index contributed by atoms with van der Waals surface area (Å²) in [6.07, 6.45) is 0.262. The van der Waals surface area contributed by atoms with Crippen LogP contribution in [0.5, 0.6) is 11.5 Å². The van der Waals surface area contributed by atoms with Gasteiger partial charge in [0.1, 0.15) is 0 Å². The minimum atomic E-state index is -2.95. The van der Waals surface area contributed by atoms with E-state index in [2.05, 4.69) is 20.7 Å². The summed E-state index contributed by atoms with van der Waals surface area (Å²) in [5.41, 5.74) is 0.259. The van der Waals surface area contributed by atoms with Crippen molar-refractivity contribution in [3.8, 4) is 11.5 Å². The van der Waals surface area contributed by atoms with Gasteiger partial charge in [0.05, 0.1) is 12.2 Å². The molecule has 1 aromatic carbocycles. The topological polar surface area (TPSA) is 35.5 Å². The number of ketones is 1. The molecule has 1 aromatic rings. The number of hydrogen-bond donors (Lipinski definition) is 0. The molecule has 0 atom stereocenters. The maximum Gasteiger partial charge on any atom is 0.387 e. The first-order chi connectivity index (χ1) is 8.60. The molecule has 0 heterocycles. The summed E-state index contributed by atoms with van der Waals surface area (Å²) < 4.78 is 34.1. The molecule has 0 N–H and O–H groups in total. The molecular weight excluding hydrogens is 310 g/mol. The zero-order valence-corrected chi connectivity index (χ0v) is 11.4. The molecule has 18 heavy (non-hydrogen) atoms. The van der Waals surface area contributed by atoms with E-state index in [1.807, 2.05) is 0 Å². The van der Waals surface area contributed by atoms with Crippen LogP contribution in [0.1, 0.15) is 23.7 Å². The number of Topliss-reactive ketones (excluding diaryl/α,β-unsaturated/α-hetero) is 1. The Morgan fingerprint density at radius 1 is 1.44 bits per heavy atom. The van der Waals surface area contributed by atoms with Crippen LogP contribution >= 0.6 is 15.9 Å². The second-order valence-electron chi connectivity index (χ2n) is 3.31. The molecule has 0 aromatic heterocycles. The molecule has 100 valence electrons. The average Bonchev–Trinajstić information content (AvgIpc) is 2.31. The summed E-state index contributed by atoms with van der Waals surface area (Å²) in [6, 6.07) is 4.37. The van der Waals surface area contributed by atoms with E-state index in [0.29, 0.717) is 5.33 Å². The summed E-state index contributed by atoms with van der Waals surface area (Å²) in [7, 11) is 0. The minimum Gasteiger partial charge on any atom is -0.489 e. The van der Waals surface area contributed by atoms with Gasteiger partial charge in [-0.15, -0.1) is 0 Å². The lowest BCUT2D eigenvalue weighted by molar-refractivity contribution is -0.0515. The fourth-order valence-corrected chi connectivity index (χ4v) is 1.80. The van der Waals surface area contributed by atoms with Crippen LogP contribution in [0.3, 0.4) is 0 Å². The van der Waals surface area contributed by atoms with Gasteiger partial charge in [0.15, 0.2) is 17.3 Å². The molecule has 0 amide bonds. The number of halogens is 3. The van der Waals surface area contributed by atoms with Gasteiger partial charge in [-0.1, -0.05) is 22.0 Å². The highest BCUT2D eigenvalue weighted by molar-refractivity contribution is 9.09. The van der Waals surface area contributed by atoms with Crippen molar-refractivity contribution in [2.24, 2.45) is 0 Å². The number of alkyl halides is 3. The monoisotopic (exact) mass is 322 g/mol. The van der Waals surface area contributed by atoms with Crippen molar-refractivity contribution in [1.82, 2.24) is 0 Å². The Morgan fingerprint density at radius 2 is 2.17 bits per heavy atom. The van der Waals surface area contributed by atoms with Crippen LogP contribution in [0.4, 0.5) is 8.78 Å². The zero-order valence-electron chi connectivity index (χ0n) is 9.79. The first-order valence-electron chi connectivity index (χ1n) is 5.40. The molecule has 0 unspecified atom stereocenters. The molecule has 0 spiro atoms. The van der Waals surface area contributed by atoms with E-state index in [1.165, 1.54) is 18.2 Å². The van der Waals surface area contributed by atoms with Gasteiger partial charge in [0, 0.05) is 11.8 Å². The SMILES string of the molecule is CCOc1c(OC(F)F)cccc1C(=O)CCBr. The van der Waals surface area contributed by atoms with Crippen LogP contribution in [0.15, 0.2) is 18.2 Å². The van der Waals surface area contributed by atoms with Crippen LogP contribution in [-0.4, -0.2) is 24.3 Å². The molecule has 0 radical (unpaired) electrons. The predicted molar refractivity (Wildman–Crippen MR) is 67.0 cm³/mol. The van der Waals surface area contributed by atoms with E-state index >= 15 is 0 Å². The van der Waals surface area contributed by atoms with Crippen molar-refractivity contribution in [2.45, 2.75) is 20.0 Å². The fourth-order valence-electron chi connectivity index (χ4n) is 1.44. The summed E-state index contributed by atoms with van der Waals surface area (Å²) in [4.78, 5) is 11.8. The largest absolute Gasteiger partial charge is 0.489 e. The molecule has 0 saturated heterocycles. The standard InChI is InChI=1S/C12H13BrF2O3/c1-2-17-11-8(9(16)6-7-13)4-3-5-10(11)18-12(14)15/h3-5,12H,2,6-7H2,1H3. The number of ether oxygens (including phenoxy) is 2. The molecule has 0 bridgehead atoms. The Labute approximate surface area is 112 Å². The normalized spacial score (nSPS) is 10.5. The lowest BCUT2D eigenvalue weighted by Gasteiger charge is -2.14. The smallest absolute Gasteiger partial charge is 0.387 e. The zero-order chi connectivity index (χ0) is 13.5. The first kappa shape index (κ1) is 14.9. The van der Waals surface area contributed by atoms with Crippen molar-refractivity contribution in [2.75, 3.05) is 11.9 Å². The van der Waals surface area contributed by atoms with Crippen LogP contribution < -0.4 is 9.47 Å². The highest BCUT2D eigenvalue weighted by atomic mass is 79.9. The van der Waals surface area contributed by atoms with Crippen molar-refractivity contribution in [1.29, 1.82) is 0 Å². The second-order valence-corrected chi connectivity index (χ2v) is 4.10. The van der Waals surface area contributed by atoms with E-state index in [9.17, 15) is 13.6 Å². The molecule has 3 nitrogen and oxygen atoms in total. The van der Waals surface area contributed by atoms with Gasteiger partial charge in [-0.2, -0.15) is 8.78 Å². The predicted octanol–water partition coefficient (Wildman–Crippen LogP) is 3.65. The number of para-hydroxylation sites is 1. The number of hydrogen-bond acceptors (Lipinski definition) is 3. The molecule has 0 fully saturated rings. The number of carbonyl (C=O) groups excluding carboxylic acids is 1. The van der Waals surface area contributed by atoms with Crippen molar-refractivity contribution in [3.05, 3.63) is 23.8 Å². The molecule has 6 heteroatoms. The fraction of sp³-hybridized carbons (Fsp3) is 0.417. The van der Waals surface area contributed by atoms with Gasteiger partial charge >= 0.3 is 6.61 Å². The van der Waals surface area contributed by atoms with Gasteiger partial charge in [0.2, 0.25) is 0 Å². The average molecular weight is 323 g/mol. The highest BCUT2D eigenvalue weighted by Gasteiger charge is 2.18. The third-order valence-electron chi connectivity index (χ3n) is 2.11. The highest BCUT2D eigenvalue weighted by Crippen LogP contribution is 2.33. The Kier molecular flexibility index (Phi) is 6.04. The number of benzene rings is 1. The van der Waals surface area contributed by atoms with Gasteiger partial charge in [-0.05, 0) is 19.1 Å². The third kappa shape index (κ3) is 3.94. The lowest BCUT2D eigenvalue weighted by atomic mass is 10.1. The van der Waals surface area contributed by atoms with Gasteiger partial charge in [-0.25, -0.2) is 0 Å². The summed E-state index contributed by atoms with van der Waals surface area (Å²) >= 11 is 3.16. The van der Waals surface area contributed by atoms with Crippen molar-refractivity contribution >= 4 is 21.7 Å². The Bertz CT molecular complexity index is 410. The lowest BCUT2D eigenvalue weighted by Crippen LogP contribution is -2.09. The van der Waals surface area contributed by atoms with Crippen LogP contribution in [0.2, 0.25) is 0 Å². The van der Waals surface area contributed by atoms with Crippen molar-refractivity contribution < 1.29 is 23.0 Å². The van der Waals surface area contributed by atoms with Gasteiger partial charge < -0.3 is 9.47 Å².